The van der Waals surface area contributed by atoms with Gasteiger partial charge in [-0.15, -0.1) is 0 Å². The van der Waals surface area contributed by atoms with Crippen LogP contribution in [-0.2, 0) is 9.84 Å². The Morgan fingerprint density at radius 2 is 1.70 bits per heavy atom. The highest BCUT2D eigenvalue weighted by atomic mass is 32.2. The van der Waals surface area contributed by atoms with Crippen LogP contribution in [0, 0.1) is 12.7 Å². The number of halogens is 1. The van der Waals surface area contributed by atoms with Gasteiger partial charge in [-0.05, 0) is 44.0 Å². The molecule has 3 aromatic rings. The van der Waals surface area contributed by atoms with E-state index in [-0.39, 0.29) is 29.3 Å². The quantitative estimate of drug-likeness (QED) is 0.693. The minimum atomic E-state index is -3.01. The number of carbonyl (C=O) groups excluding carboxylic acids is 1. The van der Waals surface area contributed by atoms with Crippen LogP contribution >= 0.6 is 0 Å². The largest absolute Gasteiger partial charge is 0.349 e. The Morgan fingerprint density at radius 3 is 2.33 bits per heavy atom. The van der Waals surface area contributed by atoms with Crippen molar-refractivity contribution in [3.63, 3.8) is 0 Å². The monoisotopic (exact) mass is 427 g/mol. The van der Waals surface area contributed by atoms with E-state index in [0.717, 1.165) is 11.1 Å². The fraction of sp³-hybridized carbons (Fsp3) is 0.273. The number of aromatic nitrogens is 2. The maximum Gasteiger partial charge on any atom is 0.255 e. The molecule has 8 heteroatoms. The van der Waals surface area contributed by atoms with Crippen molar-refractivity contribution in [1.29, 1.82) is 0 Å². The first-order chi connectivity index (χ1) is 14.3. The Labute approximate surface area is 174 Å². The lowest BCUT2D eigenvalue weighted by Gasteiger charge is -2.22. The molecule has 1 N–H and O–H groups in total. The van der Waals surface area contributed by atoms with Gasteiger partial charge in [0, 0.05) is 17.8 Å². The topological polar surface area (TPSA) is 81.1 Å². The summed E-state index contributed by atoms with van der Waals surface area (Å²) in [5.41, 5.74) is 3.41. The van der Waals surface area contributed by atoms with Gasteiger partial charge in [-0.2, -0.15) is 5.10 Å². The van der Waals surface area contributed by atoms with Gasteiger partial charge in [-0.1, -0.05) is 29.8 Å². The van der Waals surface area contributed by atoms with Gasteiger partial charge in [-0.3, -0.25) is 4.79 Å². The molecule has 1 aliphatic rings. The molecule has 0 radical (unpaired) electrons. The van der Waals surface area contributed by atoms with Crippen molar-refractivity contribution in [1.82, 2.24) is 15.1 Å². The number of carbonyl (C=O) groups is 1. The average Bonchev–Trinajstić information content (AvgIpc) is 3.16. The van der Waals surface area contributed by atoms with Crippen LogP contribution in [0.25, 0.3) is 16.9 Å². The molecule has 1 aromatic heterocycles. The van der Waals surface area contributed by atoms with Gasteiger partial charge in [-0.25, -0.2) is 17.5 Å². The van der Waals surface area contributed by atoms with Crippen LogP contribution in [0.2, 0.25) is 0 Å². The molecule has 1 aliphatic heterocycles. The summed E-state index contributed by atoms with van der Waals surface area (Å²) in [6.45, 7) is 1.98. The van der Waals surface area contributed by atoms with Crippen molar-refractivity contribution in [2.45, 2.75) is 25.8 Å². The number of nitrogens with one attached hydrogen (secondary N) is 1. The van der Waals surface area contributed by atoms with E-state index < -0.39 is 9.84 Å². The summed E-state index contributed by atoms with van der Waals surface area (Å²) in [5, 5.41) is 7.54. The van der Waals surface area contributed by atoms with Gasteiger partial charge in [0.15, 0.2) is 0 Å². The second-order valence-electron chi connectivity index (χ2n) is 7.58. The molecule has 30 heavy (non-hydrogen) atoms. The molecule has 2 heterocycles. The van der Waals surface area contributed by atoms with Crippen molar-refractivity contribution < 1.29 is 17.6 Å². The molecule has 1 fully saturated rings. The van der Waals surface area contributed by atoms with Crippen LogP contribution in [0.15, 0.2) is 54.7 Å². The molecule has 0 spiro atoms. The minimum Gasteiger partial charge on any atom is -0.349 e. The molecule has 1 amide bonds. The highest BCUT2D eigenvalue weighted by molar-refractivity contribution is 7.91. The summed E-state index contributed by atoms with van der Waals surface area (Å²) >= 11 is 0. The Kier molecular flexibility index (Phi) is 5.42. The van der Waals surface area contributed by atoms with E-state index in [2.05, 4.69) is 10.4 Å². The Balaban J connectivity index is 1.67. The third-order valence-electron chi connectivity index (χ3n) is 5.26. The first-order valence-electron chi connectivity index (χ1n) is 9.75. The molecule has 0 aliphatic carbocycles. The van der Waals surface area contributed by atoms with Crippen molar-refractivity contribution in [2.75, 3.05) is 11.5 Å². The summed E-state index contributed by atoms with van der Waals surface area (Å²) in [4.78, 5) is 13.1. The minimum absolute atomic E-state index is 0.0810. The number of amides is 1. The third-order valence-corrected chi connectivity index (χ3v) is 6.98. The van der Waals surface area contributed by atoms with Crippen LogP contribution < -0.4 is 5.32 Å². The summed E-state index contributed by atoms with van der Waals surface area (Å²) in [7, 11) is -3.01. The predicted molar refractivity (Wildman–Crippen MR) is 113 cm³/mol. The van der Waals surface area contributed by atoms with Crippen LogP contribution in [0.3, 0.4) is 0 Å². The lowest BCUT2D eigenvalue weighted by Crippen LogP contribution is -2.40. The normalized spacial score (nSPS) is 16.3. The highest BCUT2D eigenvalue weighted by Crippen LogP contribution is 2.25. The van der Waals surface area contributed by atoms with E-state index in [1.54, 1.807) is 23.0 Å². The van der Waals surface area contributed by atoms with Crippen LogP contribution in [0.4, 0.5) is 4.39 Å². The van der Waals surface area contributed by atoms with Gasteiger partial charge in [0.1, 0.15) is 21.3 Å². The van der Waals surface area contributed by atoms with Crippen molar-refractivity contribution in [3.8, 4) is 16.9 Å². The first-order valence-corrected chi connectivity index (χ1v) is 11.6. The molecule has 0 unspecified atom stereocenters. The molecule has 156 valence electrons. The Bertz CT molecular complexity index is 1160. The lowest BCUT2D eigenvalue weighted by molar-refractivity contribution is 0.0935. The Morgan fingerprint density at radius 1 is 1.07 bits per heavy atom. The van der Waals surface area contributed by atoms with Crippen molar-refractivity contribution in [2.24, 2.45) is 0 Å². The second kappa shape index (κ2) is 8.02. The second-order valence-corrected chi connectivity index (χ2v) is 9.88. The molecule has 4 rings (SSSR count). The maximum atomic E-state index is 13.3. The van der Waals surface area contributed by atoms with Crippen molar-refractivity contribution >= 4 is 15.7 Å². The Hall–Kier alpha value is -3.00. The average molecular weight is 428 g/mol. The zero-order valence-corrected chi connectivity index (χ0v) is 17.3. The summed E-state index contributed by atoms with van der Waals surface area (Å²) in [6, 6.07) is 13.4. The number of hydrogen-bond donors (Lipinski definition) is 1. The molecule has 0 atom stereocenters. The smallest absolute Gasteiger partial charge is 0.255 e. The number of sulfone groups is 1. The molecular formula is C22H22FN3O3S. The van der Waals surface area contributed by atoms with E-state index in [1.165, 1.54) is 12.1 Å². The number of rotatable bonds is 4. The summed E-state index contributed by atoms with van der Waals surface area (Å²) < 4.78 is 38.1. The molecular weight excluding hydrogens is 405 g/mol. The van der Waals surface area contributed by atoms with E-state index >= 15 is 0 Å². The SMILES string of the molecule is Cc1ccc(-c2nn(-c3ccc(F)cc3)cc2C(=O)NC2CCS(=O)(=O)CC2)cc1. The van der Waals surface area contributed by atoms with Gasteiger partial charge < -0.3 is 5.32 Å². The fourth-order valence-corrected chi connectivity index (χ4v) is 4.98. The number of benzene rings is 2. The van der Waals surface area contributed by atoms with Gasteiger partial charge in [0.05, 0.1) is 22.8 Å². The fourth-order valence-electron chi connectivity index (χ4n) is 3.49. The third kappa shape index (κ3) is 4.43. The van der Waals surface area contributed by atoms with E-state index in [4.69, 9.17) is 0 Å². The zero-order valence-electron chi connectivity index (χ0n) is 16.5. The van der Waals surface area contributed by atoms with E-state index in [0.29, 0.717) is 29.8 Å². The van der Waals surface area contributed by atoms with E-state index in [1.807, 2.05) is 31.2 Å². The van der Waals surface area contributed by atoms with E-state index in [9.17, 15) is 17.6 Å². The molecule has 0 bridgehead atoms. The molecule has 6 nitrogen and oxygen atoms in total. The molecule has 2 aromatic carbocycles. The van der Waals surface area contributed by atoms with Gasteiger partial charge in [0.2, 0.25) is 0 Å². The zero-order chi connectivity index (χ0) is 21.3. The van der Waals surface area contributed by atoms with Gasteiger partial charge >= 0.3 is 0 Å². The summed E-state index contributed by atoms with van der Waals surface area (Å²) in [6.07, 6.45) is 2.43. The van der Waals surface area contributed by atoms with Crippen LogP contribution in [-0.4, -0.2) is 41.7 Å². The standard InChI is InChI=1S/C22H22FN3O3S/c1-15-2-4-16(5-3-15)21-20(14-26(25-21)19-8-6-17(23)7-9-19)22(27)24-18-10-12-30(28,29)13-11-18/h2-9,14,18H,10-13H2,1H3,(H,24,27). The van der Waals surface area contributed by atoms with Crippen LogP contribution in [0.1, 0.15) is 28.8 Å². The van der Waals surface area contributed by atoms with Crippen LogP contribution in [0.5, 0.6) is 0 Å². The lowest BCUT2D eigenvalue weighted by atomic mass is 10.1. The molecule has 1 saturated heterocycles. The van der Waals surface area contributed by atoms with Gasteiger partial charge in [0.25, 0.3) is 5.91 Å². The van der Waals surface area contributed by atoms with Crippen molar-refractivity contribution in [3.05, 3.63) is 71.7 Å². The molecule has 0 saturated carbocycles. The number of nitrogens with zero attached hydrogens (tertiary/aromatic N) is 2. The number of hydrogen-bond acceptors (Lipinski definition) is 4. The first kappa shape index (κ1) is 20.3. The summed E-state index contributed by atoms with van der Waals surface area (Å²) in [5.74, 6) is -0.493. The maximum absolute atomic E-state index is 13.3. The number of aryl methyl sites for hydroxylation is 1. The predicted octanol–water partition coefficient (Wildman–Crippen LogP) is 3.29. The highest BCUT2D eigenvalue weighted by Gasteiger charge is 2.27.